The largest absolute Gasteiger partial charge is 0.338 e. The summed E-state index contributed by atoms with van der Waals surface area (Å²) in [5.74, 6) is 1.64. The monoisotopic (exact) mass is 262 g/mol. The van der Waals surface area contributed by atoms with Gasteiger partial charge in [-0.15, -0.1) is 0 Å². The maximum atomic E-state index is 4.71. The summed E-state index contributed by atoms with van der Waals surface area (Å²) in [4.78, 5) is 11.7. The van der Waals surface area contributed by atoms with E-state index in [4.69, 9.17) is 4.98 Å². The summed E-state index contributed by atoms with van der Waals surface area (Å²) in [6, 6.07) is 0.674. The van der Waals surface area contributed by atoms with Gasteiger partial charge in [0.15, 0.2) is 0 Å². The summed E-state index contributed by atoms with van der Waals surface area (Å²) in [7, 11) is 1.95. The summed E-state index contributed by atoms with van der Waals surface area (Å²) >= 11 is 0. The van der Waals surface area contributed by atoms with Crippen molar-refractivity contribution in [3.63, 3.8) is 0 Å². The van der Waals surface area contributed by atoms with Gasteiger partial charge in [-0.2, -0.15) is 0 Å². The third kappa shape index (κ3) is 3.90. The minimum absolute atomic E-state index is 0.674. The normalized spacial score (nSPS) is 15.0. The zero-order valence-corrected chi connectivity index (χ0v) is 12.6. The molecule has 1 aromatic heterocycles. The molecule has 0 saturated heterocycles. The fourth-order valence-electron chi connectivity index (χ4n) is 2.21. The molecule has 1 aromatic rings. The van der Waals surface area contributed by atoms with Crippen LogP contribution in [0, 0.1) is 12.8 Å². The average Bonchev–Trinajstić information content (AvgIpc) is 3.17. The van der Waals surface area contributed by atoms with Crippen LogP contribution >= 0.6 is 0 Å². The molecule has 4 heteroatoms. The predicted molar refractivity (Wildman–Crippen MR) is 79.4 cm³/mol. The number of anilines is 1. The van der Waals surface area contributed by atoms with Crippen molar-refractivity contribution in [1.29, 1.82) is 0 Å². The Kier molecular flexibility index (Phi) is 4.75. The first-order valence-electron chi connectivity index (χ1n) is 7.35. The molecule has 1 aliphatic rings. The highest BCUT2D eigenvalue weighted by molar-refractivity contribution is 5.36. The van der Waals surface area contributed by atoms with Crippen molar-refractivity contribution in [2.45, 2.75) is 52.6 Å². The number of hydrogen-bond donors (Lipinski definition) is 1. The van der Waals surface area contributed by atoms with E-state index >= 15 is 0 Å². The van der Waals surface area contributed by atoms with Crippen molar-refractivity contribution in [3.05, 3.63) is 17.5 Å². The molecule has 0 spiro atoms. The Morgan fingerprint density at radius 1 is 1.42 bits per heavy atom. The molecule has 4 nitrogen and oxygen atoms in total. The maximum absolute atomic E-state index is 4.71. The van der Waals surface area contributed by atoms with Gasteiger partial charge in [-0.3, -0.25) is 0 Å². The third-order valence-electron chi connectivity index (χ3n) is 3.63. The van der Waals surface area contributed by atoms with Crippen LogP contribution in [0.2, 0.25) is 0 Å². The van der Waals surface area contributed by atoms with E-state index in [0.717, 1.165) is 30.6 Å². The van der Waals surface area contributed by atoms with Crippen LogP contribution in [0.5, 0.6) is 0 Å². The molecule has 0 unspecified atom stereocenters. The lowest BCUT2D eigenvalue weighted by Crippen LogP contribution is -2.30. The van der Waals surface area contributed by atoms with Crippen LogP contribution in [-0.2, 0) is 6.54 Å². The van der Waals surface area contributed by atoms with Crippen LogP contribution < -0.4 is 10.2 Å². The van der Waals surface area contributed by atoms with Gasteiger partial charge in [0.05, 0.1) is 0 Å². The Morgan fingerprint density at radius 3 is 2.68 bits per heavy atom. The Hall–Kier alpha value is -1.16. The molecule has 19 heavy (non-hydrogen) atoms. The smallest absolute Gasteiger partial charge is 0.225 e. The van der Waals surface area contributed by atoms with Gasteiger partial charge < -0.3 is 10.2 Å². The highest BCUT2D eigenvalue weighted by Gasteiger charge is 2.30. The third-order valence-corrected chi connectivity index (χ3v) is 3.63. The molecule has 0 aromatic carbocycles. The first-order valence-corrected chi connectivity index (χ1v) is 7.35. The summed E-state index contributed by atoms with van der Waals surface area (Å²) in [5.41, 5.74) is 2.28. The summed E-state index contributed by atoms with van der Waals surface area (Å²) in [6.45, 7) is 8.53. The first kappa shape index (κ1) is 14.3. The Balaban J connectivity index is 2.10. The predicted octanol–water partition coefficient (Wildman–Crippen LogP) is 2.52. The quantitative estimate of drug-likeness (QED) is 0.820. The van der Waals surface area contributed by atoms with Gasteiger partial charge in [0.1, 0.15) is 0 Å². The lowest BCUT2D eigenvalue weighted by molar-refractivity contribution is 0.565. The van der Waals surface area contributed by atoms with E-state index in [9.17, 15) is 0 Å². The zero-order chi connectivity index (χ0) is 13.8. The van der Waals surface area contributed by atoms with E-state index in [1.165, 1.54) is 24.8 Å². The molecule has 106 valence electrons. The summed E-state index contributed by atoms with van der Waals surface area (Å²) < 4.78 is 0. The van der Waals surface area contributed by atoms with Crippen molar-refractivity contribution in [2.24, 2.45) is 5.92 Å². The molecule has 2 rings (SSSR count). The molecular formula is C15H26N4. The lowest BCUT2D eigenvalue weighted by Gasteiger charge is -2.24. The number of nitrogens with one attached hydrogen (secondary N) is 1. The van der Waals surface area contributed by atoms with Gasteiger partial charge in [-0.1, -0.05) is 13.8 Å². The molecular weight excluding hydrogens is 236 g/mol. The van der Waals surface area contributed by atoms with Gasteiger partial charge in [0.2, 0.25) is 5.95 Å². The number of aromatic nitrogens is 2. The number of aryl methyl sites for hydroxylation is 1. The molecule has 0 aliphatic heterocycles. The van der Waals surface area contributed by atoms with E-state index in [1.807, 2.05) is 13.2 Å². The van der Waals surface area contributed by atoms with Crippen LogP contribution in [-0.4, -0.2) is 29.6 Å². The van der Waals surface area contributed by atoms with E-state index in [-0.39, 0.29) is 0 Å². The molecule has 1 saturated carbocycles. The van der Waals surface area contributed by atoms with Gasteiger partial charge in [0.25, 0.3) is 0 Å². The molecule has 0 radical (unpaired) electrons. The highest BCUT2D eigenvalue weighted by atomic mass is 15.3. The second kappa shape index (κ2) is 6.33. The van der Waals surface area contributed by atoms with Crippen LogP contribution in [0.4, 0.5) is 5.95 Å². The second-order valence-corrected chi connectivity index (χ2v) is 5.92. The van der Waals surface area contributed by atoms with Crippen LogP contribution in [0.15, 0.2) is 6.20 Å². The minimum atomic E-state index is 0.674. The van der Waals surface area contributed by atoms with Gasteiger partial charge >= 0.3 is 0 Å². The van der Waals surface area contributed by atoms with Gasteiger partial charge in [-0.25, -0.2) is 9.97 Å². The number of hydrogen-bond acceptors (Lipinski definition) is 4. The standard InChI is InChI=1S/C15H26N4/c1-11(2)7-8-19(14-5-6-14)15-17-10-13(9-16-4)12(3)18-15/h10-11,14,16H,5-9H2,1-4H3. The number of rotatable bonds is 7. The van der Waals surface area contributed by atoms with Crippen molar-refractivity contribution in [2.75, 3.05) is 18.5 Å². The van der Waals surface area contributed by atoms with Crippen molar-refractivity contribution in [1.82, 2.24) is 15.3 Å². The van der Waals surface area contributed by atoms with Crippen molar-refractivity contribution >= 4 is 5.95 Å². The van der Waals surface area contributed by atoms with Gasteiger partial charge in [-0.05, 0) is 39.2 Å². The van der Waals surface area contributed by atoms with Crippen LogP contribution in [0.25, 0.3) is 0 Å². The molecule has 1 N–H and O–H groups in total. The minimum Gasteiger partial charge on any atom is -0.338 e. The molecule has 1 heterocycles. The maximum Gasteiger partial charge on any atom is 0.225 e. The van der Waals surface area contributed by atoms with Crippen LogP contribution in [0.3, 0.4) is 0 Å². The molecule has 0 bridgehead atoms. The van der Waals surface area contributed by atoms with E-state index < -0.39 is 0 Å². The second-order valence-electron chi connectivity index (χ2n) is 5.92. The van der Waals surface area contributed by atoms with Gasteiger partial charge in [0, 0.05) is 36.6 Å². The fraction of sp³-hybridized carbons (Fsp3) is 0.733. The van der Waals surface area contributed by atoms with E-state index in [2.05, 4.69) is 36.0 Å². The Labute approximate surface area is 116 Å². The molecule has 1 aliphatic carbocycles. The fourth-order valence-corrected chi connectivity index (χ4v) is 2.21. The summed E-state index contributed by atoms with van der Waals surface area (Å²) in [5, 5.41) is 3.16. The SMILES string of the molecule is CNCc1cnc(N(CCC(C)C)C2CC2)nc1C. The topological polar surface area (TPSA) is 41.1 Å². The van der Waals surface area contributed by atoms with Crippen molar-refractivity contribution in [3.8, 4) is 0 Å². The first-order chi connectivity index (χ1) is 9.11. The summed E-state index contributed by atoms with van der Waals surface area (Å²) in [6.07, 6.45) is 5.76. The Bertz CT molecular complexity index is 413. The van der Waals surface area contributed by atoms with Crippen molar-refractivity contribution < 1.29 is 0 Å². The molecule has 1 fully saturated rings. The molecule has 0 atom stereocenters. The average molecular weight is 262 g/mol. The zero-order valence-electron chi connectivity index (χ0n) is 12.6. The Morgan fingerprint density at radius 2 is 2.16 bits per heavy atom. The van der Waals surface area contributed by atoms with Crippen LogP contribution in [0.1, 0.15) is 44.4 Å². The molecule has 0 amide bonds. The highest BCUT2D eigenvalue weighted by Crippen LogP contribution is 2.30. The van der Waals surface area contributed by atoms with E-state index in [0.29, 0.717) is 6.04 Å². The van der Waals surface area contributed by atoms with E-state index in [1.54, 1.807) is 0 Å². The lowest BCUT2D eigenvalue weighted by atomic mass is 10.1. The number of nitrogens with zero attached hydrogens (tertiary/aromatic N) is 3.